The van der Waals surface area contributed by atoms with Gasteiger partial charge in [0.1, 0.15) is 5.82 Å². The fourth-order valence-corrected chi connectivity index (χ4v) is 3.48. The second kappa shape index (κ2) is 8.41. The van der Waals surface area contributed by atoms with Crippen LogP contribution >= 0.6 is 0 Å². The van der Waals surface area contributed by atoms with Crippen LogP contribution in [0.4, 0.5) is 17.2 Å². The Bertz CT molecular complexity index is 706. The van der Waals surface area contributed by atoms with E-state index >= 15 is 0 Å². The Kier molecular flexibility index (Phi) is 5.99. The van der Waals surface area contributed by atoms with Gasteiger partial charge >= 0.3 is 0 Å². The molecular formula is C21H30N4O. The lowest BCUT2D eigenvalue weighted by Crippen LogP contribution is -2.45. The summed E-state index contributed by atoms with van der Waals surface area (Å²) in [5.74, 6) is 1.04. The Morgan fingerprint density at radius 1 is 1.12 bits per heavy atom. The summed E-state index contributed by atoms with van der Waals surface area (Å²) in [6.07, 6.45) is 2.60. The summed E-state index contributed by atoms with van der Waals surface area (Å²) in [5.41, 5.74) is 10.0. The minimum absolute atomic E-state index is 0.243. The number of aromatic nitrogens is 1. The third-order valence-electron chi connectivity index (χ3n) is 4.75. The van der Waals surface area contributed by atoms with Gasteiger partial charge in [-0.1, -0.05) is 12.1 Å². The number of benzene rings is 1. The summed E-state index contributed by atoms with van der Waals surface area (Å²) in [7, 11) is 0. The van der Waals surface area contributed by atoms with Gasteiger partial charge in [-0.05, 0) is 63.4 Å². The zero-order chi connectivity index (χ0) is 18.5. The van der Waals surface area contributed by atoms with Gasteiger partial charge in [-0.3, -0.25) is 0 Å². The molecule has 1 aromatic heterocycles. The van der Waals surface area contributed by atoms with Crippen molar-refractivity contribution in [3.63, 3.8) is 0 Å². The predicted octanol–water partition coefficient (Wildman–Crippen LogP) is 3.63. The Morgan fingerprint density at radius 2 is 1.81 bits per heavy atom. The van der Waals surface area contributed by atoms with Crippen molar-refractivity contribution < 1.29 is 4.74 Å². The molecule has 26 heavy (non-hydrogen) atoms. The van der Waals surface area contributed by atoms with Crippen LogP contribution < -0.4 is 16.0 Å². The van der Waals surface area contributed by atoms with Crippen molar-refractivity contribution in [3.05, 3.63) is 47.7 Å². The Morgan fingerprint density at radius 3 is 2.46 bits per heavy atom. The molecule has 1 fully saturated rings. The molecule has 3 N–H and O–H groups in total. The van der Waals surface area contributed by atoms with Crippen LogP contribution in [-0.4, -0.2) is 36.8 Å². The number of pyridine rings is 1. The molecule has 2 atom stereocenters. The number of anilines is 3. The van der Waals surface area contributed by atoms with Gasteiger partial charge in [0.05, 0.1) is 23.6 Å². The monoisotopic (exact) mass is 354 g/mol. The number of hydrogen-bond acceptors (Lipinski definition) is 5. The van der Waals surface area contributed by atoms with E-state index in [0.29, 0.717) is 0 Å². The van der Waals surface area contributed by atoms with E-state index in [9.17, 15) is 0 Å². The molecule has 2 aromatic rings. The average Bonchev–Trinajstić information content (AvgIpc) is 2.60. The van der Waals surface area contributed by atoms with Gasteiger partial charge < -0.3 is 20.7 Å². The molecule has 140 valence electrons. The molecule has 0 spiro atoms. The van der Waals surface area contributed by atoms with Gasteiger partial charge in [0.25, 0.3) is 0 Å². The predicted molar refractivity (Wildman–Crippen MR) is 109 cm³/mol. The van der Waals surface area contributed by atoms with Gasteiger partial charge in [0.15, 0.2) is 0 Å². The third kappa shape index (κ3) is 4.88. The lowest BCUT2D eigenvalue weighted by atomic mass is 10.1. The molecule has 1 saturated heterocycles. The molecule has 0 amide bonds. The molecular weight excluding hydrogens is 324 g/mol. The highest BCUT2D eigenvalue weighted by molar-refractivity contribution is 5.53. The number of rotatable bonds is 6. The highest BCUT2D eigenvalue weighted by Crippen LogP contribution is 2.22. The van der Waals surface area contributed by atoms with Crippen LogP contribution in [0, 0.1) is 6.92 Å². The zero-order valence-electron chi connectivity index (χ0n) is 16.0. The molecule has 2 heterocycles. The number of hydrogen-bond donors (Lipinski definition) is 2. The van der Waals surface area contributed by atoms with Crippen LogP contribution in [0.1, 0.15) is 31.5 Å². The quantitative estimate of drug-likeness (QED) is 0.613. The molecule has 1 aromatic carbocycles. The van der Waals surface area contributed by atoms with Crippen LogP contribution in [0.2, 0.25) is 0 Å². The number of morpholine rings is 1. The summed E-state index contributed by atoms with van der Waals surface area (Å²) in [4.78, 5) is 7.12. The van der Waals surface area contributed by atoms with Crippen LogP contribution in [0.5, 0.6) is 0 Å². The molecule has 0 bridgehead atoms. The lowest BCUT2D eigenvalue weighted by Gasteiger charge is -2.36. The van der Waals surface area contributed by atoms with Crippen LogP contribution in [-0.2, 0) is 11.2 Å². The number of aryl methyl sites for hydroxylation is 2. The summed E-state index contributed by atoms with van der Waals surface area (Å²) >= 11 is 0. The van der Waals surface area contributed by atoms with E-state index in [1.165, 1.54) is 5.56 Å². The van der Waals surface area contributed by atoms with E-state index in [1.54, 1.807) is 0 Å². The third-order valence-corrected chi connectivity index (χ3v) is 4.75. The van der Waals surface area contributed by atoms with Gasteiger partial charge in [-0.25, -0.2) is 4.98 Å². The van der Waals surface area contributed by atoms with Crippen LogP contribution in [0.25, 0.3) is 0 Å². The first-order valence-corrected chi connectivity index (χ1v) is 9.47. The Hall–Kier alpha value is -2.27. The molecule has 3 rings (SSSR count). The van der Waals surface area contributed by atoms with Crippen molar-refractivity contribution in [2.45, 2.75) is 45.8 Å². The summed E-state index contributed by atoms with van der Waals surface area (Å²) in [6, 6.07) is 12.4. The second-order valence-electron chi connectivity index (χ2n) is 7.24. The Balaban J connectivity index is 1.52. The largest absolute Gasteiger partial charge is 0.399 e. The van der Waals surface area contributed by atoms with Crippen molar-refractivity contribution in [1.29, 1.82) is 0 Å². The number of nitrogens with one attached hydrogen (secondary N) is 1. The summed E-state index contributed by atoms with van der Waals surface area (Å²) < 4.78 is 5.81. The van der Waals surface area contributed by atoms with Crippen LogP contribution in [0.3, 0.4) is 0 Å². The van der Waals surface area contributed by atoms with E-state index in [1.807, 2.05) is 12.1 Å². The molecule has 1 aliphatic heterocycles. The highest BCUT2D eigenvalue weighted by Gasteiger charge is 2.23. The first kappa shape index (κ1) is 18.5. The second-order valence-corrected chi connectivity index (χ2v) is 7.24. The van der Waals surface area contributed by atoms with E-state index in [2.05, 4.69) is 55.3 Å². The highest BCUT2D eigenvalue weighted by atomic mass is 16.5. The number of ether oxygens (including phenoxy) is 1. The zero-order valence-corrected chi connectivity index (χ0v) is 16.0. The molecule has 1 aliphatic rings. The minimum atomic E-state index is 0.243. The number of nitrogen functional groups attached to an aromatic ring is 1. The summed E-state index contributed by atoms with van der Waals surface area (Å²) in [5, 5.41) is 3.51. The maximum atomic E-state index is 5.81. The molecule has 0 aliphatic carbocycles. The molecule has 2 unspecified atom stereocenters. The standard InChI is InChI=1S/C21H30N4O/c1-15-13-25(14-16(2)26-15)21-11-10-20(17(3)24-21)23-12-4-5-18-6-8-19(22)9-7-18/h6-11,15-16,23H,4-5,12-14,22H2,1-3H3. The molecule has 0 saturated carbocycles. The first-order valence-electron chi connectivity index (χ1n) is 9.47. The molecule has 5 heteroatoms. The number of nitrogens with zero attached hydrogens (tertiary/aromatic N) is 2. The molecule has 0 radical (unpaired) electrons. The van der Waals surface area contributed by atoms with Crippen molar-refractivity contribution >= 4 is 17.2 Å². The maximum absolute atomic E-state index is 5.81. The Labute approximate surface area is 156 Å². The van der Waals surface area contributed by atoms with E-state index in [-0.39, 0.29) is 12.2 Å². The number of nitrogens with two attached hydrogens (primary N) is 1. The lowest BCUT2D eigenvalue weighted by molar-refractivity contribution is -0.00546. The first-order chi connectivity index (χ1) is 12.5. The van der Waals surface area contributed by atoms with Crippen molar-refractivity contribution in [1.82, 2.24) is 4.98 Å². The van der Waals surface area contributed by atoms with Crippen LogP contribution in [0.15, 0.2) is 36.4 Å². The average molecular weight is 354 g/mol. The fraction of sp³-hybridized carbons (Fsp3) is 0.476. The fourth-order valence-electron chi connectivity index (χ4n) is 3.48. The van der Waals surface area contributed by atoms with Gasteiger partial charge in [-0.15, -0.1) is 0 Å². The SMILES string of the molecule is Cc1nc(N2CC(C)OC(C)C2)ccc1NCCCc1ccc(N)cc1. The smallest absolute Gasteiger partial charge is 0.129 e. The topological polar surface area (TPSA) is 63.4 Å². The van der Waals surface area contributed by atoms with Crippen molar-refractivity contribution in [2.24, 2.45) is 0 Å². The van der Waals surface area contributed by atoms with E-state index in [4.69, 9.17) is 15.5 Å². The van der Waals surface area contributed by atoms with Gasteiger partial charge in [-0.2, -0.15) is 0 Å². The van der Waals surface area contributed by atoms with Gasteiger partial charge in [0.2, 0.25) is 0 Å². The van der Waals surface area contributed by atoms with E-state index in [0.717, 1.165) is 55.4 Å². The van der Waals surface area contributed by atoms with E-state index < -0.39 is 0 Å². The maximum Gasteiger partial charge on any atom is 0.129 e. The van der Waals surface area contributed by atoms with Crippen molar-refractivity contribution in [2.75, 3.05) is 35.6 Å². The summed E-state index contributed by atoms with van der Waals surface area (Å²) in [6.45, 7) is 9.02. The van der Waals surface area contributed by atoms with Crippen molar-refractivity contribution in [3.8, 4) is 0 Å². The molecule has 5 nitrogen and oxygen atoms in total. The minimum Gasteiger partial charge on any atom is -0.399 e. The van der Waals surface area contributed by atoms with Gasteiger partial charge in [0, 0.05) is 25.3 Å². The normalized spacial score (nSPS) is 20.2.